The van der Waals surface area contributed by atoms with Gasteiger partial charge in [-0.1, -0.05) is 114 Å². The highest BCUT2D eigenvalue weighted by Crippen LogP contribution is 2.30. The Hall–Kier alpha value is -4.74. The molecule has 1 saturated heterocycles. The number of anilines is 1. The van der Waals surface area contributed by atoms with E-state index < -0.39 is 5.54 Å². The monoisotopic (exact) mass is 715 g/mol. The van der Waals surface area contributed by atoms with E-state index in [2.05, 4.69) is 60.0 Å². The molecule has 5 aromatic carbocycles. The predicted octanol–water partition coefficient (Wildman–Crippen LogP) is 9.38. The number of ketones is 2. The Bertz CT molecular complexity index is 1880. The highest BCUT2D eigenvalue weighted by atomic mass is 31.0. The van der Waals surface area contributed by atoms with Crippen LogP contribution in [0, 0.1) is 20.8 Å². The Morgan fingerprint density at radius 3 is 1.85 bits per heavy atom. The van der Waals surface area contributed by atoms with Crippen LogP contribution in [0.4, 0.5) is 5.69 Å². The van der Waals surface area contributed by atoms with Crippen molar-refractivity contribution in [1.82, 2.24) is 4.90 Å². The molecule has 1 aliphatic heterocycles. The molecule has 6 nitrogen and oxygen atoms in total. The summed E-state index contributed by atoms with van der Waals surface area (Å²) in [6.07, 6.45) is 1.47. The molecule has 52 heavy (non-hydrogen) atoms. The molecule has 0 aromatic heterocycles. The number of morpholine rings is 1. The molecular weight excluding hydrogens is 663 g/mol. The first-order chi connectivity index (χ1) is 25.1. The summed E-state index contributed by atoms with van der Waals surface area (Å²) in [6, 6.07) is 40.4. The standard InChI is InChI=1S/C23H30N2O2.C22H20O.H2OP/c1-4-23(24(2)3,18-19-8-6-5-7-9-19)22(26)20-10-12-21(13-11-20)25-14-16-27-17-15-25;1-15-13-16(2)21(17(3)14-15)22(23)20-12-8-7-11-19(20)18-9-5-4-6-10-18;1-2/h5-13H,4,14-18H2,1-3H3;4-14H,1-3H3;2H2/q;;+1. The molecule has 2 atom stereocenters. The average Bonchev–Trinajstić information content (AvgIpc) is 3.18. The van der Waals surface area contributed by atoms with Crippen LogP contribution in [-0.2, 0) is 15.7 Å². The first-order valence-electron chi connectivity index (χ1n) is 17.8. The van der Waals surface area contributed by atoms with E-state index in [1.54, 1.807) is 0 Å². The molecule has 7 heteroatoms. The third-order valence-electron chi connectivity index (χ3n) is 9.87. The van der Waals surface area contributed by atoms with Crippen molar-refractivity contribution in [3.05, 3.63) is 160 Å². The molecule has 0 spiro atoms. The van der Waals surface area contributed by atoms with Crippen LogP contribution in [0.1, 0.15) is 61.9 Å². The number of carbonyl (C=O) groups excluding carboxylic acids is 2. The highest BCUT2D eigenvalue weighted by molar-refractivity contribution is 7.00. The average molecular weight is 716 g/mol. The van der Waals surface area contributed by atoms with Gasteiger partial charge in [0, 0.05) is 35.5 Å². The second kappa shape index (κ2) is 19.2. The molecule has 0 bridgehead atoms. The summed E-state index contributed by atoms with van der Waals surface area (Å²) in [7, 11) is 5.18. The number of hydrogen-bond acceptors (Lipinski definition) is 6. The lowest BCUT2D eigenvalue weighted by Crippen LogP contribution is -2.52. The van der Waals surface area contributed by atoms with Gasteiger partial charge in [0.2, 0.25) is 0 Å². The van der Waals surface area contributed by atoms with Crippen molar-refractivity contribution in [2.45, 2.75) is 46.1 Å². The molecule has 6 rings (SSSR count). The molecule has 0 saturated carbocycles. The molecule has 1 heterocycles. The maximum Gasteiger partial charge on any atom is 0.310 e. The van der Waals surface area contributed by atoms with Crippen LogP contribution in [0.3, 0.4) is 0 Å². The van der Waals surface area contributed by atoms with Crippen molar-refractivity contribution in [2.75, 3.05) is 45.3 Å². The third-order valence-corrected chi connectivity index (χ3v) is 9.87. The van der Waals surface area contributed by atoms with Crippen LogP contribution in [0.5, 0.6) is 0 Å². The van der Waals surface area contributed by atoms with E-state index in [4.69, 9.17) is 9.30 Å². The zero-order valence-electron chi connectivity index (χ0n) is 31.4. The van der Waals surface area contributed by atoms with Gasteiger partial charge in [-0.05, 0) is 99.8 Å². The number of nitrogens with zero attached hydrogens (tertiary/aromatic N) is 2. The number of benzene rings is 5. The molecule has 5 aromatic rings. The number of ether oxygens (including phenoxy) is 1. The first kappa shape index (κ1) is 40.0. The Kier molecular flexibility index (Phi) is 14.8. The summed E-state index contributed by atoms with van der Waals surface area (Å²) < 4.78 is 13.6. The smallest absolute Gasteiger partial charge is 0.310 e. The molecule has 0 N–H and O–H groups in total. The maximum atomic E-state index is 13.6. The number of Topliss-reactive ketones (excluding diaryl/α,β-unsaturated/α-hetero) is 1. The summed E-state index contributed by atoms with van der Waals surface area (Å²) in [5, 5.41) is 0. The number of likely N-dealkylation sites (N-methyl/N-ethyl adjacent to an activating group) is 1. The van der Waals surface area contributed by atoms with E-state index in [0.29, 0.717) is 6.42 Å². The van der Waals surface area contributed by atoms with Gasteiger partial charge in [0.25, 0.3) is 0 Å². The van der Waals surface area contributed by atoms with Crippen LogP contribution in [0.15, 0.2) is 121 Å². The summed E-state index contributed by atoms with van der Waals surface area (Å²) >= 11 is 0. The molecular formula is C45H52N2O4P+. The molecule has 0 amide bonds. The van der Waals surface area contributed by atoms with Crippen LogP contribution in [0.2, 0.25) is 0 Å². The minimum absolute atomic E-state index is 0.0967. The summed E-state index contributed by atoms with van der Waals surface area (Å²) in [5.74, 6) is 0.284. The van der Waals surface area contributed by atoms with E-state index >= 15 is 0 Å². The molecule has 0 radical (unpaired) electrons. The SMILES string of the molecule is CCC(Cc1ccccc1)(C(=O)c1ccc(N2CCOCC2)cc1)N(C)C.Cc1cc(C)c(C(=O)c2ccccc2-c2ccccc2)c(C)c1.O=[PH2+]. The van der Waals surface area contributed by atoms with E-state index in [1.807, 2.05) is 113 Å². The lowest BCUT2D eigenvalue weighted by atomic mass is 9.80. The summed E-state index contributed by atoms with van der Waals surface area (Å²) in [4.78, 5) is 31.1. The predicted molar refractivity (Wildman–Crippen MR) is 217 cm³/mol. The molecule has 1 fully saturated rings. The van der Waals surface area contributed by atoms with Gasteiger partial charge < -0.3 is 9.64 Å². The van der Waals surface area contributed by atoms with Crippen LogP contribution in [-0.4, -0.2) is 62.4 Å². The number of rotatable bonds is 10. The van der Waals surface area contributed by atoms with Crippen LogP contribution >= 0.6 is 9.12 Å². The fourth-order valence-corrected chi connectivity index (χ4v) is 7.11. The van der Waals surface area contributed by atoms with Crippen molar-refractivity contribution in [2.24, 2.45) is 0 Å². The minimum atomic E-state index is -0.540. The lowest BCUT2D eigenvalue weighted by molar-refractivity contribution is 0.0666. The number of aryl methyl sites for hydroxylation is 3. The second-order valence-electron chi connectivity index (χ2n) is 13.4. The number of hydrogen-bond donors (Lipinski definition) is 0. The van der Waals surface area contributed by atoms with E-state index in [-0.39, 0.29) is 11.6 Å². The van der Waals surface area contributed by atoms with Gasteiger partial charge in [-0.2, -0.15) is 0 Å². The van der Waals surface area contributed by atoms with Gasteiger partial charge in [0.1, 0.15) is 0 Å². The Morgan fingerprint density at radius 1 is 0.750 bits per heavy atom. The van der Waals surface area contributed by atoms with Gasteiger partial charge in [-0.3, -0.25) is 14.5 Å². The van der Waals surface area contributed by atoms with E-state index in [1.165, 1.54) is 20.2 Å². The fraction of sp³-hybridized carbons (Fsp3) is 0.289. The van der Waals surface area contributed by atoms with Gasteiger partial charge >= 0.3 is 9.12 Å². The van der Waals surface area contributed by atoms with Crippen LogP contribution in [0.25, 0.3) is 11.1 Å². The molecule has 1 aliphatic rings. The number of carbonyl (C=O) groups is 2. The van der Waals surface area contributed by atoms with Gasteiger partial charge in [0.05, 0.1) is 18.8 Å². The molecule has 0 aliphatic carbocycles. The fourth-order valence-electron chi connectivity index (χ4n) is 7.11. The Morgan fingerprint density at radius 2 is 1.29 bits per heavy atom. The lowest BCUT2D eigenvalue weighted by Gasteiger charge is -2.38. The normalized spacial score (nSPS) is 13.6. The minimum Gasteiger partial charge on any atom is -0.378 e. The Balaban J connectivity index is 0.000000225. The van der Waals surface area contributed by atoms with E-state index in [0.717, 1.165) is 77.4 Å². The third kappa shape index (κ3) is 9.57. The molecule has 2 unspecified atom stereocenters. The highest BCUT2D eigenvalue weighted by Gasteiger charge is 2.39. The van der Waals surface area contributed by atoms with Gasteiger partial charge in [0.15, 0.2) is 11.6 Å². The topological polar surface area (TPSA) is 66.9 Å². The quantitative estimate of drug-likeness (QED) is 0.106. The zero-order valence-corrected chi connectivity index (χ0v) is 32.5. The second-order valence-corrected chi connectivity index (χ2v) is 13.4. The Labute approximate surface area is 312 Å². The molecule has 270 valence electrons. The first-order valence-corrected chi connectivity index (χ1v) is 18.3. The summed E-state index contributed by atoms with van der Waals surface area (Å²) in [5.41, 5.74) is 9.47. The summed E-state index contributed by atoms with van der Waals surface area (Å²) in [6.45, 7) is 11.5. The van der Waals surface area contributed by atoms with Crippen molar-refractivity contribution < 1.29 is 18.9 Å². The van der Waals surface area contributed by atoms with Gasteiger partial charge in [-0.15, -0.1) is 0 Å². The van der Waals surface area contributed by atoms with E-state index in [9.17, 15) is 9.59 Å². The van der Waals surface area contributed by atoms with Crippen molar-refractivity contribution in [1.29, 1.82) is 0 Å². The van der Waals surface area contributed by atoms with Crippen molar-refractivity contribution in [3.8, 4) is 11.1 Å². The van der Waals surface area contributed by atoms with Gasteiger partial charge in [-0.25, -0.2) is 0 Å². The zero-order chi connectivity index (χ0) is 37.7. The maximum absolute atomic E-state index is 13.6. The largest absolute Gasteiger partial charge is 0.378 e. The van der Waals surface area contributed by atoms with Crippen LogP contribution < -0.4 is 4.90 Å². The van der Waals surface area contributed by atoms with Crippen molar-refractivity contribution in [3.63, 3.8) is 0 Å². The van der Waals surface area contributed by atoms with Crippen molar-refractivity contribution >= 4 is 26.4 Å².